The maximum absolute atomic E-state index is 12.1. The SMILES string of the molecule is CC1(C(N)=O)CCC(n2c(Nc3c(Cl)cc(Cl)cc3Cl)nc3cnc(N[C@H]4CCC[C@@H](O)C4)nc32)CC1. The second-order valence-corrected chi connectivity index (χ2v) is 11.6. The lowest BCUT2D eigenvalue weighted by molar-refractivity contribution is -0.128. The van der Waals surface area contributed by atoms with Crippen molar-refractivity contribution in [2.75, 3.05) is 10.6 Å². The molecule has 5 rings (SSSR count). The summed E-state index contributed by atoms with van der Waals surface area (Å²) in [4.78, 5) is 26.2. The summed E-state index contributed by atoms with van der Waals surface area (Å²) in [5.41, 5.74) is 6.92. The number of rotatable bonds is 6. The van der Waals surface area contributed by atoms with E-state index in [1.165, 1.54) is 0 Å². The molecule has 198 valence electrons. The minimum atomic E-state index is -0.535. The number of fused-ring (bicyclic) bond motifs is 1. The van der Waals surface area contributed by atoms with Crippen molar-refractivity contribution >= 4 is 69.5 Å². The number of halogens is 3. The van der Waals surface area contributed by atoms with Crippen LogP contribution in [0.1, 0.15) is 64.3 Å². The number of anilines is 3. The number of carbonyl (C=O) groups excluding carboxylic acids is 1. The molecule has 2 saturated carbocycles. The van der Waals surface area contributed by atoms with Gasteiger partial charge in [-0.1, -0.05) is 41.7 Å². The molecule has 5 N–H and O–H groups in total. The average molecular weight is 567 g/mol. The molecule has 12 heteroatoms. The zero-order valence-corrected chi connectivity index (χ0v) is 22.7. The van der Waals surface area contributed by atoms with Crippen molar-refractivity contribution in [1.29, 1.82) is 0 Å². The number of benzene rings is 1. The van der Waals surface area contributed by atoms with Gasteiger partial charge in [0.15, 0.2) is 5.65 Å². The van der Waals surface area contributed by atoms with Crippen LogP contribution in [0.3, 0.4) is 0 Å². The van der Waals surface area contributed by atoms with E-state index in [0.29, 0.717) is 63.1 Å². The number of hydrogen-bond donors (Lipinski definition) is 4. The molecular weight excluding hydrogens is 537 g/mol. The van der Waals surface area contributed by atoms with Crippen LogP contribution in [0.2, 0.25) is 15.1 Å². The quantitative estimate of drug-likeness (QED) is 0.294. The number of aromatic nitrogens is 4. The van der Waals surface area contributed by atoms with Crippen LogP contribution in [0.4, 0.5) is 17.6 Å². The molecule has 2 atom stereocenters. The van der Waals surface area contributed by atoms with Gasteiger partial charge in [0, 0.05) is 22.5 Å². The Morgan fingerprint density at radius 1 is 1.14 bits per heavy atom. The Balaban J connectivity index is 1.52. The second-order valence-electron chi connectivity index (χ2n) is 10.4. The summed E-state index contributed by atoms with van der Waals surface area (Å²) >= 11 is 19.0. The number of carbonyl (C=O) groups is 1. The van der Waals surface area contributed by atoms with Crippen LogP contribution in [0, 0.1) is 5.41 Å². The third-order valence-corrected chi connectivity index (χ3v) is 8.49. The highest BCUT2D eigenvalue weighted by molar-refractivity contribution is 6.41. The van der Waals surface area contributed by atoms with Gasteiger partial charge < -0.3 is 21.5 Å². The molecule has 37 heavy (non-hydrogen) atoms. The molecule has 2 aliphatic carbocycles. The van der Waals surface area contributed by atoms with Crippen molar-refractivity contribution in [3.8, 4) is 0 Å². The maximum Gasteiger partial charge on any atom is 0.224 e. The Kier molecular flexibility index (Phi) is 7.42. The number of amides is 1. The van der Waals surface area contributed by atoms with E-state index in [9.17, 15) is 9.90 Å². The molecule has 2 aliphatic rings. The summed E-state index contributed by atoms with van der Waals surface area (Å²) < 4.78 is 2.04. The summed E-state index contributed by atoms with van der Waals surface area (Å²) in [6.45, 7) is 1.92. The Hall–Kier alpha value is -2.33. The zero-order valence-electron chi connectivity index (χ0n) is 20.5. The van der Waals surface area contributed by atoms with Crippen molar-refractivity contribution in [2.45, 2.75) is 76.5 Å². The fraction of sp³-hybridized carbons (Fsp3) is 0.520. The van der Waals surface area contributed by atoms with Gasteiger partial charge in [0.05, 0.1) is 28.0 Å². The van der Waals surface area contributed by atoms with E-state index < -0.39 is 5.41 Å². The fourth-order valence-corrected chi connectivity index (χ4v) is 6.30. The molecule has 0 unspecified atom stereocenters. The van der Waals surface area contributed by atoms with E-state index in [-0.39, 0.29) is 24.1 Å². The Bertz CT molecular complexity index is 1300. The van der Waals surface area contributed by atoms with E-state index in [1.807, 2.05) is 11.5 Å². The normalized spacial score (nSPS) is 26.2. The molecule has 1 amide bonds. The van der Waals surface area contributed by atoms with Crippen molar-refractivity contribution < 1.29 is 9.90 Å². The Morgan fingerprint density at radius 2 is 1.84 bits per heavy atom. The van der Waals surface area contributed by atoms with Crippen LogP contribution in [-0.4, -0.2) is 42.7 Å². The third-order valence-electron chi connectivity index (χ3n) is 7.67. The highest BCUT2D eigenvalue weighted by Gasteiger charge is 2.38. The van der Waals surface area contributed by atoms with Crippen molar-refractivity contribution in [2.24, 2.45) is 11.1 Å². The van der Waals surface area contributed by atoms with Gasteiger partial charge in [-0.15, -0.1) is 0 Å². The van der Waals surface area contributed by atoms with Crippen LogP contribution in [-0.2, 0) is 4.79 Å². The maximum atomic E-state index is 12.1. The number of imidazole rings is 1. The predicted molar refractivity (Wildman–Crippen MR) is 147 cm³/mol. The number of primary amides is 1. The van der Waals surface area contributed by atoms with Gasteiger partial charge in [0.2, 0.25) is 17.8 Å². The molecular formula is C25H30Cl3N7O2. The monoisotopic (exact) mass is 565 g/mol. The van der Waals surface area contributed by atoms with Gasteiger partial charge in [-0.05, 0) is 63.5 Å². The van der Waals surface area contributed by atoms with Gasteiger partial charge >= 0.3 is 0 Å². The lowest BCUT2D eigenvalue weighted by atomic mass is 9.73. The van der Waals surface area contributed by atoms with Gasteiger partial charge in [-0.2, -0.15) is 4.98 Å². The topological polar surface area (TPSA) is 131 Å². The number of aliphatic hydroxyl groups is 1. The fourth-order valence-electron chi connectivity index (χ4n) is 5.39. The molecule has 0 aliphatic heterocycles. The summed E-state index contributed by atoms with van der Waals surface area (Å²) in [5, 5.41) is 17.9. The number of nitrogens with zero attached hydrogens (tertiary/aromatic N) is 4. The Labute approximate surface area is 230 Å². The number of nitrogens with one attached hydrogen (secondary N) is 2. The molecule has 2 heterocycles. The highest BCUT2D eigenvalue weighted by atomic mass is 35.5. The van der Waals surface area contributed by atoms with Gasteiger partial charge in [0.1, 0.15) is 5.52 Å². The minimum Gasteiger partial charge on any atom is -0.393 e. The summed E-state index contributed by atoms with van der Waals surface area (Å²) in [6.07, 6.45) is 7.53. The van der Waals surface area contributed by atoms with Crippen molar-refractivity contribution in [1.82, 2.24) is 19.5 Å². The van der Waals surface area contributed by atoms with E-state index in [2.05, 4.69) is 15.6 Å². The molecule has 1 aromatic carbocycles. The van der Waals surface area contributed by atoms with Crippen LogP contribution in [0.15, 0.2) is 18.3 Å². The summed E-state index contributed by atoms with van der Waals surface area (Å²) in [6, 6.07) is 3.35. The molecule has 2 fully saturated rings. The first-order chi connectivity index (χ1) is 17.6. The minimum absolute atomic E-state index is 0.0176. The van der Waals surface area contributed by atoms with Crippen LogP contribution < -0.4 is 16.4 Å². The van der Waals surface area contributed by atoms with E-state index in [4.69, 9.17) is 50.5 Å². The van der Waals surface area contributed by atoms with E-state index in [0.717, 1.165) is 32.1 Å². The van der Waals surface area contributed by atoms with Crippen LogP contribution in [0.5, 0.6) is 0 Å². The lowest BCUT2D eigenvalue weighted by Crippen LogP contribution is -2.38. The first kappa shape index (κ1) is 26.3. The summed E-state index contributed by atoms with van der Waals surface area (Å²) in [5.74, 6) is 0.732. The summed E-state index contributed by atoms with van der Waals surface area (Å²) in [7, 11) is 0. The highest BCUT2D eigenvalue weighted by Crippen LogP contribution is 2.44. The molecule has 0 saturated heterocycles. The Morgan fingerprint density at radius 3 is 2.49 bits per heavy atom. The predicted octanol–water partition coefficient (Wildman–Crippen LogP) is 5.85. The molecule has 3 aromatic rings. The molecule has 0 bridgehead atoms. The molecule has 0 radical (unpaired) electrons. The van der Waals surface area contributed by atoms with Crippen molar-refractivity contribution in [3.05, 3.63) is 33.4 Å². The van der Waals surface area contributed by atoms with Gasteiger partial charge in [-0.3, -0.25) is 9.36 Å². The standard InChI is InChI=1S/C25H30Cl3N7O2/c1-25(22(29)37)7-5-15(6-8-25)35-21-19(12-30-23(34-21)31-14-3-2-4-16(36)11-14)32-24(35)33-20-17(27)9-13(26)10-18(20)28/h9-10,12,14-16,36H,2-8,11H2,1H3,(H2,29,37)(H,32,33)(H,30,31,34)/t14-,15?,16+,25?/m0/s1. The first-order valence-corrected chi connectivity index (χ1v) is 13.7. The van der Waals surface area contributed by atoms with Crippen molar-refractivity contribution in [3.63, 3.8) is 0 Å². The van der Waals surface area contributed by atoms with Crippen LogP contribution in [0.25, 0.3) is 11.2 Å². The lowest BCUT2D eigenvalue weighted by Gasteiger charge is -2.35. The number of nitrogens with two attached hydrogens (primary N) is 1. The molecule has 0 spiro atoms. The average Bonchev–Trinajstić information content (AvgIpc) is 3.19. The van der Waals surface area contributed by atoms with E-state index in [1.54, 1.807) is 18.3 Å². The van der Waals surface area contributed by atoms with Gasteiger partial charge in [-0.25, -0.2) is 9.97 Å². The largest absolute Gasteiger partial charge is 0.393 e. The van der Waals surface area contributed by atoms with E-state index >= 15 is 0 Å². The number of aliphatic hydroxyl groups excluding tert-OH is 1. The van der Waals surface area contributed by atoms with Crippen LogP contribution >= 0.6 is 34.8 Å². The number of hydrogen-bond acceptors (Lipinski definition) is 7. The molecule has 9 nitrogen and oxygen atoms in total. The zero-order chi connectivity index (χ0) is 26.3. The smallest absolute Gasteiger partial charge is 0.224 e. The third kappa shape index (κ3) is 5.46. The first-order valence-electron chi connectivity index (χ1n) is 12.5. The van der Waals surface area contributed by atoms with Gasteiger partial charge in [0.25, 0.3) is 0 Å². The second kappa shape index (κ2) is 10.4. The molecule has 2 aromatic heterocycles.